The highest BCUT2D eigenvalue weighted by Crippen LogP contribution is 2.27. The van der Waals surface area contributed by atoms with Gasteiger partial charge in [-0.1, -0.05) is 18.2 Å². The molecule has 154 valence electrons. The molecule has 2 aliphatic heterocycles. The molecule has 2 aliphatic rings. The first-order chi connectivity index (χ1) is 14.2. The van der Waals surface area contributed by atoms with Crippen molar-refractivity contribution in [2.75, 3.05) is 37.4 Å². The molecule has 29 heavy (non-hydrogen) atoms. The van der Waals surface area contributed by atoms with Gasteiger partial charge in [-0.05, 0) is 31.4 Å². The van der Waals surface area contributed by atoms with Crippen molar-refractivity contribution in [3.63, 3.8) is 0 Å². The van der Waals surface area contributed by atoms with Gasteiger partial charge >= 0.3 is 0 Å². The van der Waals surface area contributed by atoms with Gasteiger partial charge in [0.1, 0.15) is 5.82 Å². The van der Waals surface area contributed by atoms with Crippen LogP contribution in [-0.4, -0.2) is 58.6 Å². The number of ether oxygens (including phenoxy) is 1. The Hall–Kier alpha value is -2.32. The van der Waals surface area contributed by atoms with Crippen LogP contribution in [0.5, 0.6) is 0 Å². The topological polar surface area (TPSA) is 76.5 Å². The highest BCUT2D eigenvalue weighted by molar-refractivity contribution is 8.00. The van der Waals surface area contributed by atoms with Crippen molar-refractivity contribution in [1.82, 2.24) is 14.7 Å². The minimum Gasteiger partial charge on any atom is -0.381 e. The summed E-state index contributed by atoms with van der Waals surface area (Å²) in [6, 6.07) is 12.0. The number of amides is 2. The lowest BCUT2D eigenvalue weighted by molar-refractivity contribution is -0.129. The number of benzene rings is 1. The monoisotopic (exact) mass is 414 g/mol. The predicted octanol–water partition coefficient (Wildman–Crippen LogP) is 2.81. The molecule has 0 bridgehead atoms. The zero-order valence-corrected chi connectivity index (χ0v) is 17.1. The van der Waals surface area contributed by atoms with Gasteiger partial charge in [-0.25, -0.2) is 4.68 Å². The first-order valence-electron chi connectivity index (χ1n) is 10.1. The number of likely N-dealkylation sites (tertiary alicyclic amines) is 1. The molecule has 4 rings (SSSR count). The summed E-state index contributed by atoms with van der Waals surface area (Å²) < 4.78 is 7.20. The number of thioether (sulfide) groups is 1. The van der Waals surface area contributed by atoms with Crippen LogP contribution in [0.15, 0.2) is 47.5 Å². The first-order valence-corrected chi connectivity index (χ1v) is 11.1. The molecule has 0 saturated carbocycles. The largest absolute Gasteiger partial charge is 0.381 e. The maximum absolute atomic E-state index is 12.5. The van der Waals surface area contributed by atoms with Crippen LogP contribution in [0.25, 0.3) is 0 Å². The molecule has 2 fully saturated rings. The number of carbonyl (C=O) groups excluding carboxylic acids is 2. The third-order valence-electron chi connectivity index (χ3n) is 5.49. The minimum atomic E-state index is -0.0834. The van der Waals surface area contributed by atoms with Crippen LogP contribution in [0.4, 0.5) is 5.82 Å². The molecular weight excluding hydrogens is 388 g/mol. The van der Waals surface area contributed by atoms with E-state index in [9.17, 15) is 9.59 Å². The number of nitrogens with one attached hydrogen (secondary N) is 1. The van der Waals surface area contributed by atoms with Crippen molar-refractivity contribution < 1.29 is 14.3 Å². The molecule has 0 radical (unpaired) electrons. The summed E-state index contributed by atoms with van der Waals surface area (Å²) >= 11 is 1.58. The van der Waals surface area contributed by atoms with Gasteiger partial charge < -0.3 is 15.0 Å². The summed E-state index contributed by atoms with van der Waals surface area (Å²) in [4.78, 5) is 28.0. The molecule has 1 N–H and O–H groups in total. The Morgan fingerprint density at radius 3 is 2.66 bits per heavy atom. The van der Waals surface area contributed by atoms with Crippen LogP contribution in [0.3, 0.4) is 0 Å². The SMILES string of the molecule is O=C(Nc1ccnn1C1CCN(C(=O)CSc2ccccc2)CC1)[C@H]1CCOC1. The average Bonchev–Trinajstić information content (AvgIpc) is 3.45. The van der Waals surface area contributed by atoms with Crippen molar-refractivity contribution in [3.05, 3.63) is 42.6 Å². The van der Waals surface area contributed by atoms with Crippen LogP contribution in [0, 0.1) is 5.92 Å². The van der Waals surface area contributed by atoms with Gasteiger partial charge in [0.05, 0.1) is 30.5 Å². The molecule has 0 spiro atoms. The number of carbonyl (C=O) groups is 2. The van der Waals surface area contributed by atoms with Crippen LogP contribution in [-0.2, 0) is 14.3 Å². The standard InChI is InChI=1S/C21H26N4O3S/c26-20(15-29-18-4-2-1-3-5-18)24-11-7-17(8-12-24)25-19(6-10-22-25)23-21(27)16-9-13-28-14-16/h1-6,10,16-17H,7-9,11-15H2,(H,23,27)/t16-/m0/s1. The van der Waals surface area contributed by atoms with E-state index in [2.05, 4.69) is 10.4 Å². The molecule has 2 saturated heterocycles. The second-order valence-electron chi connectivity index (χ2n) is 7.42. The summed E-state index contributed by atoms with van der Waals surface area (Å²) in [7, 11) is 0. The Balaban J connectivity index is 1.28. The van der Waals surface area contributed by atoms with E-state index < -0.39 is 0 Å². The van der Waals surface area contributed by atoms with E-state index in [0.717, 1.165) is 30.0 Å². The summed E-state index contributed by atoms with van der Waals surface area (Å²) in [5.74, 6) is 1.27. The summed E-state index contributed by atoms with van der Waals surface area (Å²) in [6.07, 6.45) is 4.15. The highest BCUT2D eigenvalue weighted by atomic mass is 32.2. The second kappa shape index (κ2) is 9.45. The number of hydrogen-bond donors (Lipinski definition) is 1. The average molecular weight is 415 g/mol. The molecule has 2 aromatic rings. The van der Waals surface area contributed by atoms with Gasteiger partial charge in [-0.3, -0.25) is 9.59 Å². The smallest absolute Gasteiger partial charge is 0.232 e. The van der Waals surface area contributed by atoms with Gasteiger partial charge in [0.15, 0.2) is 0 Å². The third-order valence-corrected chi connectivity index (χ3v) is 6.49. The van der Waals surface area contributed by atoms with E-state index in [1.54, 1.807) is 18.0 Å². The molecular formula is C21H26N4O3S. The van der Waals surface area contributed by atoms with E-state index in [0.29, 0.717) is 32.1 Å². The molecule has 1 aromatic carbocycles. The van der Waals surface area contributed by atoms with Gasteiger partial charge in [0.2, 0.25) is 11.8 Å². The number of aromatic nitrogens is 2. The lowest BCUT2D eigenvalue weighted by atomic mass is 10.1. The fourth-order valence-corrected chi connectivity index (χ4v) is 4.61. The fourth-order valence-electron chi connectivity index (χ4n) is 3.79. The Morgan fingerprint density at radius 2 is 1.93 bits per heavy atom. The quantitative estimate of drug-likeness (QED) is 0.736. The van der Waals surface area contributed by atoms with Gasteiger partial charge in [-0.15, -0.1) is 11.8 Å². The maximum atomic E-state index is 12.5. The summed E-state index contributed by atoms with van der Waals surface area (Å²) in [5, 5.41) is 7.43. The molecule has 1 atom stereocenters. The molecule has 1 aromatic heterocycles. The van der Waals surface area contributed by atoms with Gasteiger partial charge in [0.25, 0.3) is 0 Å². The van der Waals surface area contributed by atoms with Gasteiger partial charge in [-0.2, -0.15) is 5.10 Å². The molecule has 7 nitrogen and oxygen atoms in total. The van der Waals surface area contributed by atoms with Gasteiger partial charge in [0, 0.05) is 30.7 Å². The number of piperidine rings is 1. The highest BCUT2D eigenvalue weighted by Gasteiger charge is 2.28. The van der Waals surface area contributed by atoms with E-state index >= 15 is 0 Å². The van der Waals surface area contributed by atoms with Crippen LogP contribution >= 0.6 is 11.8 Å². The number of hydrogen-bond acceptors (Lipinski definition) is 5. The number of anilines is 1. The molecule has 8 heteroatoms. The van der Waals surface area contributed by atoms with Crippen molar-refractivity contribution in [2.45, 2.75) is 30.2 Å². The maximum Gasteiger partial charge on any atom is 0.232 e. The first kappa shape index (κ1) is 20.0. The summed E-state index contributed by atoms with van der Waals surface area (Å²) in [5.41, 5.74) is 0. The lowest BCUT2D eigenvalue weighted by Gasteiger charge is -2.32. The van der Waals surface area contributed by atoms with Crippen LogP contribution < -0.4 is 5.32 Å². The normalized spacial score (nSPS) is 20.0. The van der Waals surface area contributed by atoms with E-state index in [1.165, 1.54) is 0 Å². The Bertz CT molecular complexity index is 827. The Morgan fingerprint density at radius 1 is 1.14 bits per heavy atom. The van der Waals surface area contributed by atoms with Crippen LogP contribution in [0.1, 0.15) is 25.3 Å². The lowest BCUT2D eigenvalue weighted by Crippen LogP contribution is -2.40. The Labute approximate surface area is 174 Å². The van der Waals surface area contributed by atoms with Crippen molar-refractivity contribution in [3.8, 4) is 0 Å². The Kier molecular flexibility index (Phi) is 6.51. The molecule has 3 heterocycles. The molecule has 0 unspecified atom stereocenters. The molecule has 0 aliphatic carbocycles. The van der Waals surface area contributed by atoms with Crippen molar-refractivity contribution in [1.29, 1.82) is 0 Å². The zero-order chi connectivity index (χ0) is 20.1. The third kappa shape index (κ3) is 5.00. The number of rotatable bonds is 6. The van der Waals surface area contributed by atoms with Crippen molar-refractivity contribution >= 4 is 29.4 Å². The summed E-state index contributed by atoms with van der Waals surface area (Å²) in [6.45, 7) is 2.55. The van der Waals surface area contributed by atoms with E-state index in [-0.39, 0.29) is 23.8 Å². The molecule has 2 amide bonds. The fraction of sp³-hybridized carbons (Fsp3) is 0.476. The van der Waals surface area contributed by atoms with E-state index in [1.807, 2.05) is 46.0 Å². The zero-order valence-electron chi connectivity index (χ0n) is 16.3. The number of nitrogens with zero attached hydrogens (tertiary/aromatic N) is 3. The van der Waals surface area contributed by atoms with Crippen LogP contribution in [0.2, 0.25) is 0 Å². The minimum absolute atomic E-state index is 0.00481. The van der Waals surface area contributed by atoms with Crippen molar-refractivity contribution in [2.24, 2.45) is 5.92 Å². The predicted molar refractivity (Wildman–Crippen MR) is 112 cm³/mol. The second-order valence-corrected chi connectivity index (χ2v) is 8.47. The van der Waals surface area contributed by atoms with E-state index in [4.69, 9.17) is 4.74 Å².